The van der Waals surface area contributed by atoms with Crippen molar-refractivity contribution in [2.45, 2.75) is 52.4 Å². The van der Waals surface area contributed by atoms with Crippen molar-refractivity contribution in [3.8, 4) is 5.75 Å². The number of hydrogen-bond acceptors (Lipinski definition) is 1. The average molecular weight is 404 g/mol. The summed E-state index contributed by atoms with van der Waals surface area (Å²) >= 11 is 7.34. The molecule has 0 radical (unpaired) electrons. The Hall–Kier alpha value is -0.0200. The molecule has 0 amide bonds. The van der Waals surface area contributed by atoms with Crippen molar-refractivity contribution in [1.82, 2.24) is 0 Å². The van der Waals surface area contributed by atoms with E-state index in [1.54, 1.807) is 0 Å². The zero-order valence-corrected chi connectivity index (χ0v) is 15.6. The van der Waals surface area contributed by atoms with Crippen LogP contribution >= 0.6 is 31.9 Å². The summed E-state index contributed by atoms with van der Waals surface area (Å²) in [5, 5.41) is 1.05. The van der Waals surface area contributed by atoms with Crippen LogP contribution in [0, 0.1) is 19.3 Å². The molecular weight excluding hydrogens is 380 g/mol. The highest BCUT2D eigenvalue weighted by molar-refractivity contribution is 9.10. The fraction of sp³-hybridized carbons (Fsp3) is 0.647. The molecule has 0 saturated heterocycles. The average Bonchev–Trinajstić information content (AvgIpc) is 2.68. The van der Waals surface area contributed by atoms with E-state index in [1.165, 1.54) is 54.1 Å². The van der Waals surface area contributed by atoms with Crippen molar-refractivity contribution in [2.75, 3.05) is 11.9 Å². The lowest BCUT2D eigenvalue weighted by molar-refractivity contribution is 0.149. The van der Waals surface area contributed by atoms with Gasteiger partial charge in [0.05, 0.1) is 6.61 Å². The fourth-order valence-corrected chi connectivity index (χ4v) is 3.97. The molecule has 3 heteroatoms. The summed E-state index contributed by atoms with van der Waals surface area (Å²) in [5.41, 5.74) is 2.81. The van der Waals surface area contributed by atoms with Crippen LogP contribution in [0.2, 0.25) is 0 Å². The Balaban J connectivity index is 2.06. The molecule has 0 N–H and O–H groups in total. The van der Waals surface area contributed by atoms with E-state index in [4.69, 9.17) is 4.74 Å². The molecule has 112 valence electrons. The SMILES string of the molecule is Cc1cc(OCC2(CBr)CCCCCC2)cc(C)c1Br. The van der Waals surface area contributed by atoms with Crippen LogP contribution < -0.4 is 4.74 Å². The Morgan fingerprint density at radius 1 is 1.05 bits per heavy atom. The second-order valence-electron chi connectivity index (χ2n) is 6.21. The molecule has 1 aliphatic carbocycles. The molecule has 0 spiro atoms. The minimum atomic E-state index is 0.325. The monoisotopic (exact) mass is 402 g/mol. The number of ether oxygens (including phenoxy) is 1. The summed E-state index contributed by atoms with van der Waals surface area (Å²) in [6, 6.07) is 4.27. The van der Waals surface area contributed by atoms with E-state index in [1.807, 2.05) is 0 Å². The zero-order chi connectivity index (χ0) is 14.6. The minimum absolute atomic E-state index is 0.325. The fourth-order valence-electron chi connectivity index (χ4n) is 3.02. The molecule has 1 aromatic rings. The van der Waals surface area contributed by atoms with Gasteiger partial charge >= 0.3 is 0 Å². The molecule has 0 unspecified atom stereocenters. The quantitative estimate of drug-likeness (QED) is 0.430. The Bertz CT molecular complexity index is 425. The summed E-state index contributed by atoms with van der Waals surface area (Å²) in [6.07, 6.45) is 8.01. The normalized spacial score (nSPS) is 18.6. The number of alkyl halides is 1. The maximum absolute atomic E-state index is 6.16. The van der Waals surface area contributed by atoms with Crippen LogP contribution in [0.25, 0.3) is 0 Å². The molecule has 0 aliphatic heterocycles. The van der Waals surface area contributed by atoms with Gasteiger partial charge in [0, 0.05) is 15.2 Å². The largest absolute Gasteiger partial charge is 0.493 e. The second kappa shape index (κ2) is 7.31. The van der Waals surface area contributed by atoms with Crippen molar-refractivity contribution < 1.29 is 4.74 Å². The highest BCUT2D eigenvalue weighted by Crippen LogP contribution is 2.37. The molecular formula is C17H24Br2O. The third-order valence-electron chi connectivity index (χ3n) is 4.40. The zero-order valence-electron chi connectivity index (χ0n) is 12.5. The van der Waals surface area contributed by atoms with Crippen molar-refractivity contribution in [2.24, 2.45) is 5.41 Å². The van der Waals surface area contributed by atoms with E-state index < -0.39 is 0 Å². The first-order valence-electron chi connectivity index (χ1n) is 7.52. The Morgan fingerprint density at radius 3 is 2.10 bits per heavy atom. The van der Waals surface area contributed by atoms with Crippen LogP contribution in [0.5, 0.6) is 5.75 Å². The third-order valence-corrected chi connectivity index (χ3v) is 6.84. The van der Waals surface area contributed by atoms with Gasteiger partial charge in [0.25, 0.3) is 0 Å². The van der Waals surface area contributed by atoms with Crippen LogP contribution in [-0.4, -0.2) is 11.9 Å². The minimum Gasteiger partial charge on any atom is -0.493 e. The van der Waals surface area contributed by atoms with Crippen LogP contribution in [-0.2, 0) is 0 Å². The number of benzene rings is 1. The van der Waals surface area contributed by atoms with E-state index in [0.29, 0.717) is 5.41 Å². The van der Waals surface area contributed by atoms with Gasteiger partial charge < -0.3 is 4.74 Å². The lowest BCUT2D eigenvalue weighted by atomic mass is 9.83. The highest BCUT2D eigenvalue weighted by Gasteiger charge is 2.30. The van der Waals surface area contributed by atoms with E-state index >= 15 is 0 Å². The number of halogens is 2. The van der Waals surface area contributed by atoms with Gasteiger partial charge in [-0.3, -0.25) is 0 Å². The van der Waals surface area contributed by atoms with Gasteiger partial charge in [0.2, 0.25) is 0 Å². The number of hydrogen-bond donors (Lipinski definition) is 0. The first-order chi connectivity index (χ1) is 9.56. The Kier molecular flexibility index (Phi) is 5.97. The summed E-state index contributed by atoms with van der Waals surface area (Å²) in [5.74, 6) is 1.01. The molecule has 1 saturated carbocycles. The first kappa shape index (κ1) is 16.4. The maximum Gasteiger partial charge on any atom is 0.119 e. The van der Waals surface area contributed by atoms with E-state index in [2.05, 4.69) is 57.8 Å². The van der Waals surface area contributed by atoms with Gasteiger partial charge in [-0.15, -0.1) is 0 Å². The van der Waals surface area contributed by atoms with Gasteiger partial charge in [-0.05, 0) is 49.9 Å². The number of rotatable bonds is 4. The van der Waals surface area contributed by atoms with Gasteiger partial charge in [-0.25, -0.2) is 0 Å². The molecule has 0 aromatic heterocycles. The van der Waals surface area contributed by atoms with Crippen LogP contribution in [0.1, 0.15) is 49.7 Å². The summed E-state index contributed by atoms with van der Waals surface area (Å²) in [7, 11) is 0. The van der Waals surface area contributed by atoms with E-state index in [0.717, 1.165) is 17.7 Å². The summed E-state index contributed by atoms with van der Waals surface area (Å²) < 4.78 is 7.35. The second-order valence-corrected chi connectivity index (χ2v) is 7.56. The van der Waals surface area contributed by atoms with Gasteiger partial charge in [-0.2, -0.15) is 0 Å². The van der Waals surface area contributed by atoms with Crippen molar-refractivity contribution >= 4 is 31.9 Å². The molecule has 1 aromatic carbocycles. The maximum atomic E-state index is 6.16. The van der Waals surface area contributed by atoms with Crippen LogP contribution in [0.15, 0.2) is 16.6 Å². The van der Waals surface area contributed by atoms with Crippen LogP contribution in [0.4, 0.5) is 0 Å². The summed E-state index contributed by atoms with van der Waals surface area (Å²) in [6.45, 7) is 5.07. The van der Waals surface area contributed by atoms with Gasteiger partial charge in [0.1, 0.15) is 5.75 Å². The molecule has 0 atom stereocenters. The van der Waals surface area contributed by atoms with Gasteiger partial charge in [0.15, 0.2) is 0 Å². The smallest absolute Gasteiger partial charge is 0.119 e. The van der Waals surface area contributed by atoms with Crippen molar-refractivity contribution in [3.05, 3.63) is 27.7 Å². The predicted molar refractivity (Wildman–Crippen MR) is 93.0 cm³/mol. The van der Waals surface area contributed by atoms with E-state index in [-0.39, 0.29) is 0 Å². The lowest BCUT2D eigenvalue weighted by Crippen LogP contribution is -2.30. The Morgan fingerprint density at radius 2 is 1.60 bits per heavy atom. The summed E-state index contributed by atoms with van der Waals surface area (Å²) in [4.78, 5) is 0. The number of aryl methyl sites for hydroxylation is 2. The molecule has 1 nitrogen and oxygen atoms in total. The van der Waals surface area contributed by atoms with Crippen molar-refractivity contribution in [3.63, 3.8) is 0 Å². The molecule has 0 heterocycles. The topological polar surface area (TPSA) is 9.23 Å². The lowest BCUT2D eigenvalue weighted by Gasteiger charge is -2.30. The standard InChI is InChI=1S/C17H24Br2O/c1-13-9-15(10-14(2)16(13)19)20-12-17(11-18)7-5-3-4-6-8-17/h9-10H,3-8,11-12H2,1-2H3. The predicted octanol–water partition coefficient (Wildman–Crippen LogP) is 6.18. The molecule has 1 fully saturated rings. The highest BCUT2D eigenvalue weighted by atomic mass is 79.9. The molecule has 0 bridgehead atoms. The van der Waals surface area contributed by atoms with Gasteiger partial charge in [-0.1, -0.05) is 57.5 Å². The van der Waals surface area contributed by atoms with E-state index in [9.17, 15) is 0 Å². The first-order valence-corrected chi connectivity index (χ1v) is 9.43. The molecule has 20 heavy (non-hydrogen) atoms. The molecule has 2 rings (SSSR count). The van der Waals surface area contributed by atoms with Crippen LogP contribution in [0.3, 0.4) is 0 Å². The Labute approximate surface area is 139 Å². The van der Waals surface area contributed by atoms with Crippen molar-refractivity contribution in [1.29, 1.82) is 0 Å². The third kappa shape index (κ3) is 4.00. The molecule has 1 aliphatic rings.